The number of hydrogen-bond donors (Lipinski definition) is 2. The van der Waals surface area contributed by atoms with Crippen LogP contribution in [0, 0.1) is 11.8 Å². The maximum absolute atomic E-state index is 12.1. The van der Waals surface area contributed by atoms with Crippen molar-refractivity contribution in [2.75, 3.05) is 26.2 Å². The SMILES string of the molecule is O=C([C@H]1CCCNC1)N1CC(O)(C2CC2)C1. The van der Waals surface area contributed by atoms with Gasteiger partial charge in [0.25, 0.3) is 0 Å². The van der Waals surface area contributed by atoms with Crippen molar-refractivity contribution in [3.05, 3.63) is 0 Å². The zero-order valence-corrected chi connectivity index (χ0v) is 9.61. The van der Waals surface area contributed by atoms with Gasteiger partial charge >= 0.3 is 0 Å². The Balaban J connectivity index is 1.53. The molecule has 0 aromatic heterocycles. The van der Waals surface area contributed by atoms with Crippen molar-refractivity contribution in [3.8, 4) is 0 Å². The number of nitrogens with one attached hydrogen (secondary N) is 1. The second-order valence-corrected chi connectivity index (χ2v) is 5.62. The molecule has 1 saturated carbocycles. The van der Waals surface area contributed by atoms with E-state index >= 15 is 0 Å². The maximum atomic E-state index is 12.1. The Labute approximate surface area is 96.0 Å². The molecule has 2 heterocycles. The highest BCUT2D eigenvalue weighted by molar-refractivity contribution is 5.80. The fourth-order valence-corrected chi connectivity index (χ4v) is 2.97. The van der Waals surface area contributed by atoms with Gasteiger partial charge < -0.3 is 15.3 Å². The Morgan fingerprint density at radius 2 is 2.06 bits per heavy atom. The van der Waals surface area contributed by atoms with Gasteiger partial charge in [0, 0.05) is 6.54 Å². The highest BCUT2D eigenvalue weighted by Gasteiger charge is 2.53. The van der Waals surface area contributed by atoms with E-state index in [1.54, 1.807) is 0 Å². The van der Waals surface area contributed by atoms with Crippen LogP contribution in [0.5, 0.6) is 0 Å². The van der Waals surface area contributed by atoms with E-state index in [1.807, 2.05) is 4.90 Å². The first kappa shape index (κ1) is 10.5. The average Bonchev–Trinajstić information content (AvgIpc) is 3.09. The predicted octanol–water partition coefficient (Wildman–Crippen LogP) is -0.0307. The van der Waals surface area contributed by atoms with E-state index in [9.17, 15) is 9.90 Å². The van der Waals surface area contributed by atoms with E-state index in [0.29, 0.717) is 19.0 Å². The van der Waals surface area contributed by atoms with Crippen LogP contribution in [-0.2, 0) is 4.79 Å². The summed E-state index contributed by atoms with van der Waals surface area (Å²) in [6, 6.07) is 0. The normalized spacial score (nSPS) is 33.3. The van der Waals surface area contributed by atoms with Crippen molar-refractivity contribution in [3.63, 3.8) is 0 Å². The number of piperidine rings is 1. The van der Waals surface area contributed by atoms with Crippen LogP contribution in [0.1, 0.15) is 25.7 Å². The molecule has 0 spiro atoms. The molecular formula is C12H20N2O2. The summed E-state index contributed by atoms with van der Waals surface area (Å²) in [5.41, 5.74) is -0.530. The Hall–Kier alpha value is -0.610. The standard InChI is InChI=1S/C12H20N2O2/c15-11(9-2-1-5-13-6-9)14-7-12(16,8-14)10-3-4-10/h9-10,13,16H,1-8H2/t9-/m0/s1. The van der Waals surface area contributed by atoms with E-state index in [-0.39, 0.29) is 11.8 Å². The van der Waals surface area contributed by atoms with Gasteiger partial charge in [0.2, 0.25) is 5.91 Å². The number of carbonyl (C=O) groups is 1. The summed E-state index contributed by atoms with van der Waals surface area (Å²) < 4.78 is 0. The molecule has 16 heavy (non-hydrogen) atoms. The maximum Gasteiger partial charge on any atom is 0.227 e. The summed E-state index contributed by atoms with van der Waals surface area (Å²) in [6.45, 7) is 3.01. The molecule has 4 nitrogen and oxygen atoms in total. The number of rotatable bonds is 2. The molecule has 1 amide bonds. The molecule has 90 valence electrons. The predicted molar refractivity (Wildman–Crippen MR) is 59.8 cm³/mol. The highest BCUT2D eigenvalue weighted by Crippen LogP contribution is 2.44. The molecule has 2 N–H and O–H groups in total. The van der Waals surface area contributed by atoms with Gasteiger partial charge in [-0.3, -0.25) is 4.79 Å². The van der Waals surface area contributed by atoms with Gasteiger partial charge in [0.15, 0.2) is 0 Å². The van der Waals surface area contributed by atoms with Gasteiger partial charge in [0.05, 0.1) is 19.0 Å². The molecule has 1 aliphatic carbocycles. The summed E-state index contributed by atoms with van der Waals surface area (Å²) in [6.07, 6.45) is 4.38. The van der Waals surface area contributed by atoms with Gasteiger partial charge in [-0.15, -0.1) is 0 Å². The van der Waals surface area contributed by atoms with Crippen LogP contribution in [0.2, 0.25) is 0 Å². The summed E-state index contributed by atoms with van der Waals surface area (Å²) in [7, 11) is 0. The molecule has 3 rings (SSSR count). The van der Waals surface area contributed by atoms with Gasteiger partial charge in [-0.25, -0.2) is 0 Å². The zero-order chi connectivity index (χ0) is 11.2. The number of likely N-dealkylation sites (tertiary alicyclic amines) is 1. The third-order valence-electron chi connectivity index (χ3n) is 4.22. The third kappa shape index (κ3) is 1.74. The van der Waals surface area contributed by atoms with Gasteiger partial charge in [-0.2, -0.15) is 0 Å². The highest BCUT2D eigenvalue weighted by atomic mass is 16.3. The lowest BCUT2D eigenvalue weighted by Crippen LogP contribution is -2.66. The van der Waals surface area contributed by atoms with E-state index in [0.717, 1.165) is 38.8 Å². The molecule has 0 aromatic carbocycles. The first-order valence-electron chi connectivity index (χ1n) is 6.41. The van der Waals surface area contributed by atoms with E-state index in [4.69, 9.17) is 0 Å². The van der Waals surface area contributed by atoms with Gasteiger partial charge in [-0.05, 0) is 38.1 Å². The summed E-state index contributed by atoms with van der Waals surface area (Å²) in [5, 5.41) is 13.4. The summed E-state index contributed by atoms with van der Waals surface area (Å²) in [5.74, 6) is 0.871. The number of hydrogen-bond acceptors (Lipinski definition) is 3. The number of carbonyl (C=O) groups excluding carboxylic acids is 1. The smallest absolute Gasteiger partial charge is 0.227 e. The Kier molecular flexibility index (Phi) is 2.44. The molecule has 4 heteroatoms. The molecular weight excluding hydrogens is 204 g/mol. The topological polar surface area (TPSA) is 52.6 Å². The molecule has 2 saturated heterocycles. The summed E-state index contributed by atoms with van der Waals surface area (Å²) in [4.78, 5) is 13.9. The molecule has 3 aliphatic rings. The van der Waals surface area contributed by atoms with Crippen molar-refractivity contribution in [1.29, 1.82) is 0 Å². The van der Waals surface area contributed by atoms with E-state index in [2.05, 4.69) is 5.32 Å². The van der Waals surface area contributed by atoms with Gasteiger partial charge in [0.1, 0.15) is 5.60 Å². The molecule has 3 fully saturated rings. The lowest BCUT2D eigenvalue weighted by molar-refractivity contribution is -0.163. The lowest BCUT2D eigenvalue weighted by atomic mass is 9.86. The van der Waals surface area contributed by atoms with Crippen molar-refractivity contribution in [2.24, 2.45) is 11.8 Å². The minimum atomic E-state index is -0.530. The van der Waals surface area contributed by atoms with Gasteiger partial charge in [-0.1, -0.05) is 0 Å². The fourth-order valence-electron chi connectivity index (χ4n) is 2.97. The Bertz CT molecular complexity index is 289. The largest absolute Gasteiger partial charge is 0.386 e. The Morgan fingerprint density at radius 3 is 2.62 bits per heavy atom. The summed E-state index contributed by atoms with van der Waals surface area (Å²) >= 11 is 0. The lowest BCUT2D eigenvalue weighted by Gasteiger charge is -2.48. The number of β-amino-alcohol motifs (C(OH)–C–C–N with tert-alkyl or cyclic N) is 1. The minimum Gasteiger partial charge on any atom is -0.386 e. The van der Waals surface area contributed by atoms with Crippen LogP contribution in [0.25, 0.3) is 0 Å². The second kappa shape index (κ2) is 3.70. The van der Waals surface area contributed by atoms with E-state index in [1.165, 1.54) is 0 Å². The van der Waals surface area contributed by atoms with E-state index < -0.39 is 5.60 Å². The van der Waals surface area contributed by atoms with Crippen molar-refractivity contribution >= 4 is 5.91 Å². The van der Waals surface area contributed by atoms with Crippen LogP contribution in [-0.4, -0.2) is 47.7 Å². The van der Waals surface area contributed by atoms with Crippen molar-refractivity contribution < 1.29 is 9.90 Å². The zero-order valence-electron chi connectivity index (χ0n) is 9.61. The van der Waals surface area contributed by atoms with Crippen LogP contribution in [0.15, 0.2) is 0 Å². The first-order valence-corrected chi connectivity index (χ1v) is 6.41. The van der Waals surface area contributed by atoms with Crippen LogP contribution in [0.4, 0.5) is 0 Å². The molecule has 2 aliphatic heterocycles. The number of amides is 1. The van der Waals surface area contributed by atoms with Crippen LogP contribution in [0.3, 0.4) is 0 Å². The van der Waals surface area contributed by atoms with Crippen molar-refractivity contribution in [1.82, 2.24) is 10.2 Å². The number of nitrogens with zero attached hydrogens (tertiary/aromatic N) is 1. The number of aliphatic hydroxyl groups is 1. The average molecular weight is 224 g/mol. The van der Waals surface area contributed by atoms with Crippen molar-refractivity contribution in [2.45, 2.75) is 31.3 Å². The third-order valence-corrected chi connectivity index (χ3v) is 4.22. The first-order chi connectivity index (χ1) is 7.69. The fraction of sp³-hybridized carbons (Fsp3) is 0.917. The quantitative estimate of drug-likeness (QED) is 0.692. The molecule has 0 aromatic rings. The monoisotopic (exact) mass is 224 g/mol. The molecule has 0 bridgehead atoms. The molecule has 0 radical (unpaired) electrons. The molecule has 0 unspecified atom stereocenters. The van der Waals surface area contributed by atoms with Crippen LogP contribution >= 0.6 is 0 Å². The Morgan fingerprint density at radius 1 is 1.31 bits per heavy atom. The molecule has 1 atom stereocenters. The minimum absolute atomic E-state index is 0.150. The second-order valence-electron chi connectivity index (χ2n) is 5.62. The van der Waals surface area contributed by atoms with Crippen LogP contribution < -0.4 is 5.32 Å².